The van der Waals surface area contributed by atoms with E-state index in [0.717, 1.165) is 25.0 Å². The zero-order chi connectivity index (χ0) is 16.4. The van der Waals surface area contributed by atoms with Gasteiger partial charge in [0.2, 0.25) is 0 Å². The first-order valence-corrected chi connectivity index (χ1v) is 7.33. The molecule has 120 valence electrons. The van der Waals surface area contributed by atoms with Crippen LogP contribution in [0.15, 0.2) is 36.9 Å². The summed E-state index contributed by atoms with van der Waals surface area (Å²) in [5.41, 5.74) is -0.142. The predicted molar refractivity (Wildman–Crippen MR) is 78.9 cm³/mol. The van der Waals surface area contributed by atoms with Crippen LogP contribution in [0.4, 0.5) is 18.9 Å². The molecule has 0 spiro atoms. The van der Waals surface area contributed by atoms with E-state index in [-0.39, 0.29) is 5.56 Å². The summed E-state index contributed by atoms with van der Waals surface area (Å²) in [5.74, 6) is 0. The number of rotatable bonds is 2. The predicted octanol–water partition coefficient (Wildman–Crippen LogP) is 3.62. The second kappa shape index (κ2) is 5.95. The summed E-state index contributed by atoms with van der Waals surface area (Å²) in [6.07, 6.45) is 2.72. The normalized spacial score (nSPS) is 16.3. The number of imidazole rings is 1. The van der Waals surface area contributed by atoms with E-state index in [9.17, 15) is 18.4 Å². The Hall–Kier alpha value is -2.49. The maximum atomic E-state index is 12.8. The number of anilines is 1. The molecule has 2 heterocycles. The molecule has 0 N–H and O–H groups in total. The first kappa shape index (κ1) is 15.4. The summed E-state index contributed by atoms with van der Waals surface area (Å²) >= 11 is 0. The summed E-state index contributed by atoms with van der Waals surface area (Å²) in [7, 11) is 0. The molecule has 7 heteroatoms. The average Bonchev–Trinajstić information content (AvgIpc) is 3.08. The molecular weight excluding hydrogens is 305 g/mol. The number of benzene rings is 1. The van der Waals surface area contributed by atoms with Gasteiger partial charge in [0.25, 0.3) is 0 Å². The highest BCUT2D eigenvalue weighted by Crippen LogP contribution is 2.34. The SMILES string of the molecule is N#Cc1cc(C(F)(F)F)ccc1N1CCC(n2ccnc2)CC1. The van der Waals surface area contributed by atoms with Gasteiger partial charge in [-0.25, -0.2) is 4.98 Å². The summed E-state index contributed by atoms with van der Waals surface area (Å²) < 4.78 is 40.3. The molecule has 1 saturated heterocycles. The molecule has 2 aromatic rings. The van der Waals surface area contributed by atoms with E-state index >= 15 is 0 Å². The van der Waals surface area contributed by atoms with Crippen LogP contribution in [0.5, 0.6) is 0 Å². The van der Waals surface area contributed by atoms with Crippen molar-refractivity contribution in [1.82, 2.24) is 9.55 Å². The second-order valence-electron chi connectivity index (χ2n) is 5.57. The Morgan fingerprint density at radius 2 is 1.96 bits per heavy atom. The summed E-state index contributed by atoms with van der Waals surface area (Å²) in [5, 5.41) is 9.19. The second-order valence-corrected chi connectivity index (χ2v) is 5.57. The number of nitrogens with zero attached hydrogens (tertiary/aromatic N) is 4. The maximum absolute atomic E-state index is 12.8. The lowest BCUT2D eigenvalue weighted by Crippen LogP contribution is -2.34. The smallest absolute Gasteiger partial charge is 0.370 e. The van der Waals surface area contributed by atoms with Crippen LogP contribution in [0, 0.1) is 11.3 Å². The Morgan fingerprint density at radius 1 is 1.22 bits per heavy atom. The Balaban J connectivity index is 1.77. The van der Waals surface area contributed by atoms with Crippen LogP contribution in [0.1, 0.15) is 30.0 Å². The molecule has 1 aliphatic heterocycles. The van der Waals surface area contributed by atoms with Crippen molar-refractivity contribution in [2.45, 2.75) is 25.1 Å². The van der Waals surface area contributed by atoms with Crippen LogP contribution < -0.4 is 4.90 Å². The molecule has 0 atom stereocenters. The Labute approximate surface area is 131 Å². The zero-order valence-corrected chi connectivity index (χ0v) is 12.3. The maximum Gasteiger partial charge on any atom is 0.416 e. The molecular formula is C16H15F3N4. The number of aromatic nitrogens is 2. The van der Waals surface area contributed by atoms with E-state index < -0.39 is 11.7 Å². The average molecular weight is 320 g/mol. The van der Waals surface area contributed by atoms with Gasteiger partial charge in [-0.3, -0.25) is 0 Å². The fourth-order valence-corrected chi connectivity index (χ4v) is 2.97. The number of alkyl halides is 3. The monoisotopic (exact) mass is 320 g/mol. The van der Waals surface area contributed by atoms with Gasteiger partial charge in [-0.2, -0.15) is 18.4 Å². The third kappa shape index (κ3) is 3.16. The molecule has 0 unspecified atom stereocenters. The molecule has 1 aliphatic rings. The standard InChI is InChI=1S/C16H15F3N4/c17-16(18,19)13-1-2-15(12(9-13)10-20)22-6-3-14(4-7-22)23-8-5-21-11-23/h1-2,5,8-9,11,14H,3-4,6-7H2. The zero-order valence-electron chi connectivity index (χ0n) is 12.3. The van der Waals surface area contributed by atoms with Gasteiger partial charge in [-0.05, 0) is 31.0 Å². The van der Waals surface area contributed by atoms with Crippen molar-refractivity contribution in [2.24, 2.45) is 0 Å². The van der Waals surface area contributed by atoms with Crippen molar-refractivity contribution in [3.63, 3.8) is 0 Å². The van der Waals surface area contributed by atoms with E-state index in [1.165, 1.54) is 6.07 Å². The van der Waals surface area contributed by atoms with E-state index in [0.29, 0.717) is 24.8 Å². The minimum absolute atomic E-state index is 0.0703. The van der Waals surface area contributed by atoms with E-state index in [2.05, 4.69) is 9.55 Å². The summed E-state index contributed by atoms with van der Waals surface area (Å²) in [6, 6.07) is 5.60. The van der Waals surface area contributed by atoms with Crippen molar-refractivity contribution in [3.05, 3.63) is 48.0 Å². The number of hydrogen-bond acceptors (Lipinski definition) is 3. The van der Waals surface area contributed by atoms with Crippen LogP contribution in [-0.4, -0.2) is 22.6 Å². The first-order chi connectivity index (χ1) is 11.0. The van der Waals surface area contributed by atoms with Gasteiger partial charge in [0.1, 0.15) is 6.07 Å². The largest absolute Gasteiger partial charge is 0.416 e. The number of nitriles is 1. The van der Waals surface area contributed by atoms with Crippen molar-refractivity contribution in [3.8, 4) is 6.07 Å². The Morgan fingerprint density at radius 3 is 2.52 bits per heavy atom. The van der Waals surface area contributed by atoms with Crippen LogP contribution >= 0.6 is 0 Å². The highest BCUT2D eigenvalue weighted by atomic mass is 19.4. The van der Waals surface area contributed by atoms with Crippen molar-refractivity contribution < 1.29 is 13.2 Å². The van der Waals surface area contributed by atoms with E-state index in [1.54, 1.807) is 12.5 Å². The van der Waals surface area contributed by atoms with Gasteiger partial charge in [0.15, 0.2) is 0 Å². The molecule has 3 rings (SSSR count). The van der Waals surface area contributed by atoms with Gasteiger partial charge in [0, 0.05) is 31.5 Å². The molecule has 0 radical (unpaired) electrons. The van der Waals surface area contributed by atoms with Crippen LogP contribution in [0.25, 0.3) is 0 Å². The van der Waals surface area contributed by atoms with Crippen LogP contribution in [0.3, 0.4) is 0 Å². The van der Waals surface area contributed by atoms with Crippen LogP contribution in [0.2, 0.25) is 0 Å². The van der Waals surface area contributed by atoms with Gasteiger partial charge in [-0.1, -0.05) is 0 Å². The molecule has 0 bridgehead atoms. The Kier molecular flexibility index (Phi) is 3.99. The topological polar surface area (TPSA) is 44.9 Å². The summed E-state index contributed by atoms with van der Waals surface area (Å²) in [6.45, 7) is 1.39. The fraction of sp³-hybridized carbons (Fsp3) is 0.375. The molecule has 23 heavy (non-hydrogen) atoms. The minimum Gasteiger partial charge on any atom is -0.370 e. The van der Waals surface area contributed by atoms with Crippen LogP contribution in [-0.2, 0) is 6.18 Å². The molecule has 1 aromatic heterocycles. The summed E-state index contributed by atoms with van der Waals surface area (Å²) in [4.78, 5) is 6.01. The van der Waals surface area contributed by atoms with Gasteiger partial charge < -0.3 is 9.47 Å². The first-order valence-electron chi connectivity index (χ1n) is 7.33. The molecule has 4 nitrogen and oxygen atoms in total. The van der Waals surface area contributed by atoms with E-state index in [1.807, 2.05) is 17.2 Å². The lowest BCUT2D eigenvalue weighted by atomic mass is 10.0. The van der Waals surface area contributed by atoms with Gasteiger partial charge in [0.05, 0.1) is 23.1 Å². The lowest BCUT2D eigenvalue weighted by molar-refractivity contribution is -0.137. The Bertz CT molecular complexity index is 708. The molecule has 0 saturated carbocycles. The quantitative estimate of drug-likeness (QED) is 0.849. The lowest BCUT2D eigenvalue weighted by Gasteiger charge is -2.34. The minimum atomic E-state index is -4.43. The fourth-order valence-electron chi connectivity index (χ4n) is 2.97. The van der Waals surface area contributed by atoms with Gasteiger partial charge in [-0.15, -0.1) is 0 Å². The third-order valence-electron chi connectivity index (χ3n) is 4.20. The van der Waals surface area contributed by atoms with Crippen molar-refractivity contribution in [2.75, 3.05) is 18.0 Å². The van der Waals surface area contributed by atoms with Crippen molar-refractivity contribution in [1.29, 1.82) is 5.26 Å². The molecule has 0 aliphatic carbocycles. The van der Waals surface area contributed by atoms with Crippen molar-refractivity contribution >= 4 is 5.69 Å². The highest BCUT2D eigenvalue weighted by molar-refractivity contribution is 5.61. The highest BCUT2D eigenvalue weighted by Gasteiger charge is 2.32. The number of halogens is 3. The van der Waals surface area contributed by atoms with E-state index in [4.69, 9.17) is 0 Å². The molecule has 0 amide bonds. The van der Waals surface area contributed by atoms with Gasteiger partial charge >= 0.3 is 6.18 Å². The number of piperidine rings is 1. The number of hydrogen-bond donors (Lipinski definition) is 0. The molecule has 1 fully saturated rings. The third-order valence-corrected chi connectivity index (χ3v) is 4.20. The molecule has 1 aromatic carbocycles.